The van der Waals surface area contributed by atoms with Crippen LogP contribution in [0.25, 0.3) is 27.3 Å². The molecule has 0 saturated carbocycles. The van der Waals surface area contributed by atoms with Crippen LogP contribution in [0.4, 0.5) is 0 Å². The van der Waals surface area contributed by atoms with Gasteiger partial charge in [-0.05, 0) is 37.6 Å². The van der Waals surface area contributed by atoms with Crippen LogP contribution in [-0.2, 0) is 5.41 Å². The van der Waals surface area contributed by atoms with E-state index in [0.29, 0.717) is 39.1 Å². The number of amides is 1. The van der Waals surface area contributed by atoms with E-state index in [4.69, 9.17) is 16.7 Å². The molecule has 190 valence electrons. The van der Waals surface area contributed by atoms with E-state index in [-0.39, 0.29) is 17.1 Å². The molecule has 3 heterocycles. The van der Waals surface area contributed by atoms with Gasteiger partial charge in [0, 0.05) is 27.7 Å². The monoisotopic (exact) mass is 545 g/mol. The normalized spacial score (nSPS) is 20.5. The average Bonchev–Trinajstić information content (AvgIpc) is 3.49. The van der Waals surface area contributed by atoms with Crippen LogP contribution in [0.15, 0.2) is 42.5 Å². The highest BCUT2D eigenvalue weighted by atomic mass is 35.5. The number of rotatable bonds is 4. The number of hydrogen-bond donors (Lipinski definition) is 3. The van der Waals surface area contributed by atoms with E-state index in [1.54, 1.807) is 16.8 Å². The molecule has 5 rings (SSSR count). The minimum absolute atomic E-state index is 0.156. The van der Waals surface area contributed by atoms with Crippen molar-refractivity contribution in [2.24, 2.45) is 0 Å². The lowest BCUT2D eigenvalue weighted by Crippen LogP contribution is -2.46. The number of aromatic nitrogens is 4. The second-order valence-electron chi connectivity index (χ2n) is 10.5. The number of carbonyl (C=O) groups is 1. The fourth-order valence-corrected chi connectivity index (χ4v) is 7.60. The van der Waals surface area contributed by atoms with Crippen molar-refractivity contribution >= 4 is 50.3 Å². The zero-order valence-electron chi connectivity index (χ0n) is 20.4. The summed E-state index contributed by atoms with van der Waals surface area (Å²) >= 11 is 7.97. The Kier molecular flexibility index (Phi) is 6.16. The Bertz CT molecular complexity index is 1480. The summed E-state index contributed by atoms with van der Waals surface area (Å²) in [5, 5.41) is 19.5. The van der Waals surface area contributed by atoms with Gasteiger partial charge in [-0.3, -0.25) is 13.9 Å². The van der Waals surface area contributed by atoms with Crippen molar-refractivity contribution in [3.8, 4) is 16.4 Å². The first-order chi connectivity index (χ1) is 16.9. The number of halogens is 1. The van der Waals surface area contributed by atoms with Crippen LogP contribution in [0, 0.1) is 0 Å². The van der Waals surface area contributed by atoms with Gasteiger partial charge in [0.25, 0.3) is 5.91 Å². The van der Waals surface area contributed by atoms with Gasteiger partial charge in [-0.1, -0.05) is 61.9 Å². The molecule has 0 radical (unpaired) electrons. The Hall–Kier alpha value is -2.50. The third kappa shape index (κ3) is 4.76. The third-order valence-electron chi connectivity index (χ3n) is 6.26. The summed E-state index contributed by atoms with van der Waals surface area (Å²) in [5.41, 5.74) is 1.78. The fourth-order valence-electron chi connectivity index (χ4n) is 4.35. The van der Waals surface area contributed by atoms with E-state index in [9.17, 15) is 13.9 Å². The fraction of sp³-hybridized carbons (Fsp3) is 0.360. The number of nitrogens with zero attached hydrogens (tertiary/aromatic N) is 4. The maximum Gasteiger partial charge on any atom is 0.251 e. The van der Waals surface area contributed by atoms with Crippen LogP contribution in [-0.4, -0.2) is 52.0 Å². The Morgan fingerprint density at radius 3 is 2.58 bits per heavy atom. The van der Waals surface area contributed by atoms with Crippen LogP contribution < -0.4 is 5.32 Å². The highest BCUT2D eigenvalue weighted by Crippen LogP contribution is 2.50. The molecule has 0 aliphatic carbocycles. The van der Waals surface area contributed by atoms with Crippen molar-refractivity contribution in [3.05, 3.63) is 58.1 Å². The topological polar surface area (TPSA) is 113 Å². The zero-order valence-corrected chi connectivity index (χ0v) is 22.8. The molecule has 2 aromatic carbocycles. The summed E-state index contributed by atoms with van der Waals surface area (Å²) in [5.74, 6) is 0.170. The predicted octanol–water partition coefficient (Wildman–Crippen LogP) is 6.14. The summed E-state index contributed by atoms with van der Waals surface area (Å²) in [6.07, 6.45) is 0.512. The first kappa shape index (κ1) is 25.2. The van der Waals surface area contributed by atoms with Crippen LogP contribution in [0.2, 0.25) is 5.02 Å². The number of hydrogen-bond acceptors (Lipinski definition) is 7. The Morgan fingerprint density at radius 1 is 1.19 bits per heavy atom. The molecule has 1 fully saturated rings. The van der Waals surface area contributed by atoms with Crippen molar-refractivity contribution < 1.29 is 13.9 Å². The van der Waals surface area contributed by atoms with Crippen LogP contribution in [0.3, 0.4) is 0 Å². The Morgan fingerprint density at radius 2 is 1.94 bits per heavy atom. The van der Waals surface area contributed by atoms with Crippen molar-refractivity contribution in [1.29, 1.82) is 0 Å². The molecule has 4 aromatic rings. The second-order valence-corrected chi connectivity index (χ2v) is 14.2. The van der Waals surface area contributed by atoms with Gasteiger partial charge in [0.1, 0.15) is 10.7 Å². The minimum atomic E-state index is -2.66. The van der Waals surface area contributed by atoms with E-state index in [1.165, 1.54) is 11.3 Å². The molecule has 36 heavy (non-hydrogen) atoms. The van der Waals surface area contributed by atoms with Gasteiger partial charge < -0.3 is 5.32 Å². The number of fused-ring (bicyclic) bond motifs is 1. The highest BCUT2D eigenvalue weighted by molar-refractivity contribution is 8.24. The SMILES string of the molecule is CC1(NC(=O)c2ccc3c(-c4ccccc4Cl)nn(-c4nnc(C(C)(C)C)s4)c3c2)CCS(O)(O)C1. The van der Waals surface area contributed by atoms with Crippen molar-refractivity contribution in [1.82, 2.24) is 25.3 Å². The smallest absolute Gasteiger partial charge is 0.251 e. The Balaban J connectivity index is 1.61. The molecular formula is C25H28ClN5O3S2. The van der Waals surface area contributed by atoms with E-state index in [2.05, 4.69) is 36.3 Å². The minimum Gasteiger partial charge on any atom is -0.345 e. The molecule has 1 aliphatic heterocycles. The molecule has 1 amide bonds. The number of carbonyl (C=O) groups excluding carboxylic acids is 1. The van der Waals surface area contributed by atoms with Gasteiger partial charge in [-0.15, -0.1) is 10.2 Å². The number of nitrogens with one attached hydrogen (secondary N) is 1. The van der Waals surface area contributed by atoms with Crippen molar-refractivity contribution in [3.63, 3.8) is 0 Å². The molecular weight excluding hydrogens is 518 g/mol. The highest BCUT2D eigenvalue weighted by Gasteiger charge is 2.39. The summed E-state index contributed by atoms with van der Waals surface area (Å²) in [4.78, 5) is 13.2. The maximum atomic E-state index is 13.2. The van der Waals surface area contributed by atoms with Crippen molar-refractivity contribution in [2.45, 2.75) is 45.1 Å². The summed E-state index contributed by atoms with van der Waals surface area (Å²) in [6.45, 7) is 8.08. The van der Waals surface area contributed by atoms with E-state index in [1.807, 2.05) is 37.3 Å². The molecule has 0 spiro atoms. The van der Waals surface area contributed by atoms with Gasteiger partial charge >= 0.3 is 0 Å². The molecule has 0 bridgehead atoms. The predicted molar refractivity (Wildman–Crippen MR) is 147 cm³/mol. The molecule has 11 heteroatoms. The zero-order chi connectivity index (χ0) is 25.9. The maximum absolute atomic E-state index is 13.2. The van der Waals surface area contributed by atoms with Crippen molar-refractivity contribution in [2.75, 3.05) is 11.5 Å². The molecule has 2 aromatic heterocycles. The van der Waals surface area contributed by atoms with Gasteiger partial charge in [-0.25, -0.2) is 4.68 Å². The summed E-state index contributed by atoms with van der Waals surface area (Å²) in [7, 11) is -2.66. The van der Waals surface area contributed by atoms with Gasteiger partial charge in [0.15, 0.2) is 0 Å². The standard InChI is InChI=1S/C25H28ClN5O3S2/c1-24(2,3)22-28-29-23(35-22)31-19-13-15(21(32)27-25(4)11-12-36(33,34)14-25)9-10-17(19)20(30-31)16-7-5-6-8-18(16)26/h5-10,13,33-34H,11-12,14H2,1-4H3,(H,27,32). The first-order valence-corrected chi connectivity index (χ1v) is 14.6. The van der Waals surface area contributed by atoms with Gasteiger partial charge in [0.2, 0.25) is 5.13 Å². The third-order valence-corrected chi connectivity index (χ3v) is 9.87. The van der Waals surface area contributed by atoms with E-state index in [0.717, 1.165) is 16.0 Å². The van der Waals surface area contributed by atoms with Gasteiger partial charge in [-0.2, -0.15) is 15.7 Å². The van der Waals surface area contributed by atoms with E-state index >= 15 is 0 Å². The average molecular weight is 546 g/mol. The summed E-state index contributed by atoms with van der Waals surface area (Å²) in [6, 6.07) is 12.9. The lowest BCUT2D eigenvalue weighted by Gasteiger charge is -2.30. The van der Waals surface area contributed by atoms with Crippen LogP contribution >= 0.6 is 33.5 Å². The first-order valence-electron chi connectivity index (χ1n) is 11.5. The second kappa shape index (κ2) is 8.81. The van der Waals surface area contributed by atoms with E-state index < -0.39 is 16.1 Å². The molecule has 1 unspecified atom stereocenters. The Labute approximate surface area is 220 Å². The van der Waals surface area contributed by atoms with Gasteiger partial charge in [0.05, 0.1) is 21.8 Å². The number of benzene rings is 2. The lowest BCUT2D eigenvalue weighted by atomic mass is 9.98. The summed E-state index contributed by atoms with van der Waals surface area (Å²) < 4.78 is 21.8. The van der Waals surface area contributed by atoms with Crippen LogP contribution in [0.5, 0.6) is 0 Å². The molecule has 1 atom stereocenters. The largest absolute Gasteiger partial charge is 0.345 e. The molecule has 1 saturated heterocycles. The lowest BCUT2D eigenvalue weighted by molar-refractivity contribution is 0.0915. The molecule has 3 N–H and O–H groups in total. The quantitative estimate of drug-likeness (QED) is 0.284. The molecule has 8 nitrogen and oxygen atoms in total. The van der Waals surface area contributed by atoms with Crippen LogP contribution in [0.1, 0.15) is 49.5 Å². The molecule has 1 aliphatic rings.